The summed E-state index contributed by atoms with van der Waals surface area (Å²) in [6.07, 6.45) is 2.37. The molecule has 0 aromatic carbocycles. The van der Waals surface area contributed by atoms with Gasteiger partial charge in [-0.2, -0.15) is 0 Å². The smallest absolute Gasteiger partial charge is 0.217 e. The van der Waals surface area contributed by atoms with Crippen LogP contribution in [0.5, 0.6) is 0 Å². The summed E-state index contributed by atoms with van der Waals surface area (Å²) in [7, 11) is 0. The van der Waals surface area contributed by atoms with Gasteiger partial charge in [0.1, 0.15) is 0 Å². The molecule has 1 fully saturated rings. The summed E-state index contributed by atoms with van der Waals surface area (Å²) < 4.78 is 0. The highest BCUT2D eigenvalue weighted by Crippen LogP contribution is 2.11. The van der Waals surface area contributed by atoms with Crippen LogP contribution in [-0.2, 0) is 4.79 Å². The van der Waals surface area contributed by atoms with Crippen molar-refractivity contribution < 1.29 is 4.79 Å². The minimum Gasteiger partial charge on any atom is -0.352 e. The second-order valence-corrected chi connectivity index (χ2v) is 4.67. The zero-order chi connectivity index (χ0) is 10.6. The third-order valence-electron chi connectivity index (χ3n) is 2.70. The average molecular weight is 198 g/mol. The van der Waals surface area contributed by atoms with Crippen molar-refractivity contribution in [2.24, 2.45) is 5.92 Å². The van der Waals surface area contributed by atoms with Crippen molar-refractivity contribution in [3.63, 3.8) is 0 Å². The van der Waals surface area contributed by atoms with E-state index in [1.54, 1.807) is 6.92 Å². The van der Waals surface area contributed by atoms with E-state index >= 15 is 0 Å². The highest BCUT2D eigenvalue weighted by Gasteiger charge is 2.22. The maximum absolute atomic E-state index is 10.8. The maximum Gasteiger partial charge on any atom is 0.217 e. The molecule has 0 bridgehead atoms. The Hall–Kier alpha value is -0.570. The van der Waals surface area contributed by atoms with Crippen molar-refractivity contribution in [2.45, 2.75) is 39.7 Å². The van der Waals surface area contributed by atoms with E-state index in [4.69, 9.17) is 0 Å². The minimum absolute atomic E-state index is 0.0979. The molecule has 1 N–H and O–H groups in total. The quantitative estimate of drug-likeness (QED) is 0.737. The van der Waals surface area contributed by atoms with Crippen LogP contribution in [0.2, 0.25) is 0 Å². The van der Waals surface area contributed by atoms with Gasteiger partial charge >= 0.3 is 0 Å². The van der Waals surface area contributed by atoms with Crippen LogP contribution < -0.4 is 5.32 Å². The Balaban J connectivity index is 2.17. The van der Waals surface area contributed by atoms with E-state index in [1.807, 2.05) is 0 Å². The van der Waals surface area contributed by atoms with E-state index in [-0.39, 0.29) is 5.91 Å². The molecule has 1 aliphatic heterocycles. The molecule has 3 nitrogen and oxygen atoms in total. The van der Waals surface area contributed by atoms with Gasteiger partial charge in [-0.3, -0.25) is 4.79 Å². The first-order valence-electron chi connectivity index (χ1n) is 5.57. The van der Waals surface area contributed by atoms with Crippen molar-refractivity contribution in [1.29, 1.82) is 0 Å². The Kier molecular flexibility index (Phi) is 4.39. The first kappa shape index (κ1) is 11.5. The number of carbonyl (C=O) groups excluding carboxylic acids is 1. The molecule has 0 saturated carbocycles. The van der Waals surface area contributed by atoms with Crippen LogP contribution in [-0.4, -0.2) is 36.5 Å². The minimum atomic E-state index is 0.0979. The molecule has 0 spiro atoms. The van der Waals surface area contributed by atoms with Gasteiger partial charge in [-0.1, -0.05) is 13.8 Å². The molecule has 3 heteroatoms. The molecule has 1 amide bonds. The highest BCUT2D eigenvalue weighted by atomic mass is 16.1. The van der Waals surface area contributed by atoms with Gasteiger partial charge in [-0.05, 0) is 25.3 Å². The number of likely N-dealkylation sites (tertiary alicyclic amines) is 1. The molecule has 82 valence electrons. The largest absolute Gasteiger partial charge is 0.352 e. The maximum atomic E-state index is 10.8. The van der Waals surface area contributed by atoms with Crippen LogP contribution in [0.4, 0.5) is 0 Å². The normalized spacial score (nSPS) is 23.0. The first-order valence-corrected chi connectivity index (χ1v) is 5.57. The van der Waals surface area contributed by atoms with E-state index in [0.29, 0.717) is 6.04 Å². The molecule has 1 unspecified atom stereocenters. The van der Waals surface area contributed by atoms with Crippen molar-refractivity contribution in [3.8, 4) is 0 Å². The number of amides is 1. The summed E-state index contributed by atoms with van der Waals surface area (Å²) >= 11 is 0. The number of rotatable bonds is 4. The predicted octanol–water partition coefficient (Wildman–Crippen LogP) is 1.24. The molecule has 1 rings (SSSR count). The van der Waals surface area contributed by atoms with Gasteiger partial charge in [-0.25, -0.2) is 0 Å². The zero-order valence-corrected chi connectivity index (χ0v) is 9.55. The molecule has 1 atom stereocenters. The van der Waals surface area contributed by atoms with E-state index < -0.39 is 0 Å². The van der Waals surface area contributed by atoms with Crippen molar-refractivity contribution in [1.82, 2.24) is 10.2 Å². The number of carbonyl (C=O) groups is 1. The Morgan fingerprint density at radius 3 is 2.86 bits per heavy atom. The molecule has 14 heavy (non-hydrogen) atoms. The van der Waals surface area contributed by atoms with Crippen LogP contribution in [0.1, 0.15) is 33.6 Å². The Morgan fingerprint density at radius 1 is 1.57 bits per heavy atom. The van der Waals surface area contributed by atoms with E-state index in [0.717, 1.165) is 25.4 Å². The van der Waals surface area contributed by atoms with Gasteiger partial charge in [0.15, 0.2) is 0 Å². The zero-order valence-electron chi connectivity index (χ0n) is 9.55. The average Bonchev–Trinajstić information content (AvgIpc) is 2.47. The predicted molar refractivity (Wildman–Crippen MR) is 58.1 cm³/mol. The third kappa shape index (κ3) is 4.09. The lowest BCUT2D eigenvalue weighted by molar-refractivity contribution is -0.119. The molecule has 0 radical (unpaired) electrons. The molecule has 1 aliphatic rings. The van der Waals surface area contributed by atoms with Crippen molar-refractivity contribution in [2.75, 3.05) is 19.6 Å². The summed E-state index contributed by atoms with van der Waals surface area (Å²) in [6.45, 7) is 9.44. The lowest BCUT2D eigenvalue weighted by atomic mass is 10.1. The molecule has 1 saturated heterocycles. The van der Waals surface area contributed by atoms with Gasteiger partial charge in [0.2, 0.25) is 5.91 Å². The molecule has 0 aromatic heterocycles. The fraction of sp³-hybridized carbons (Fsp3) is 0.909. The fourth-order valence-electron chi connectivity index (χ4n) is 1.88. The lowest BCUT2D eigenvalue weighted by Crippen LogP contribution is -2.35. The number of nitrogens with zero attached hydrogens (tertiary/aromatic N) is 1. The molecular weight excluding hydrogens is 176 g/mol. The van der Waals surface area contributed by atoms with Gasteiger partial charge < -0.3 is 10.2 Å². The van der Waals surface area contributed by atoms with Crippen LogP contribution in [0, 0.1) is 5.92 Å². The number of hydrogen-bond acceptors (Lipinski definition) is 2. The van der Waals surface area contributed by atoms with Gasteiger partial charge in [-0.15, -0.1) is 0 Å². The SMILES string of the molecule is CC(=O)NC1CCN(CCC(C)C)C1. The monoisotopic (exact) mass is 198 g/mol. The van der Waals surface area contributed by atoms with Crippen molar-refractivity contribution in [3.05, 3.63) is 0 Å². The first-order chi connectivity index (χ1) is 6.58. The standard InChI is InChI=1S/C11H22N2O/c1-9(2)4-6-13-7-5-11(8-13)12-10(3)14/h9,11H,4-8H2,1-3H3,(H,12,14). The molecular formula is C11H22N2O. The van der Waals surface area contributed by atoms with Crippen LogP contribution in [0.3, 0.4) is 0 Å². The van der Waals surface area contributed by atoms with E-state index in [1.165, 1.54) is 13.0 Å². The summed E-state index contributed by atoms with van der Waals surface area (Å²) in [5.74, 6) is 0.871. The third-order valence-corrected chi connectivity index (χ3v) is 2.70. The Morgan fingerprint density at radius 2 is 2.29 bits per heavy atom. The van der Waals surface area contributed by atoms with Crippen molar-refractivity contribution >= 4 is 5.91 Å². The Bertz CT molecular complexity index is 192. The second kappa shape index (κ2) is 5.35. The van der Waals surface area contributed by atoms with Crippen LogP contribution >= 0.6 is 0 Å². The molecule has 0 aliphatic carbocycles. The van der Waals surface area contributed by atoms with Crippen LogP contribution in [0.15, 0.2) is 0 Å². The lowest BCUT2D eigenvalue weighted by Gasteiger charge is -2.17. The Labute approximate surface area is 86.9 Å². The van der Waals surface area contributed by atoms with Gasteiger partial charge in [0.05, 0.1) is 0 Å². The molecule has 1 heterocycles. The van der Waals surface area contributed by atoms with Gasteiger partial charge in [0.25, 0.3) is 0 Å². The topological polar surface area (TPSA) is 32.3 Å². The molecule has 0 aromatic rings. The van der Waals surface area contributed by atoms with Gasteiger partial charge in [0, 0.05) is 26.1 Å². The summed E-state index contributed by atoms with van der Waals surface area (Å²) in [5.41, 5.74) is 0. The highest BCUT2D eigenvalue weighted by molar-refractivity contribution is 5.73. The van der Waals surface area contributed by atoms with Crippen LogP contribution in [0.25, 0.3) is 0 Å². The summed E-state index contributed by atoms with van der Waals surface area (Å²) in [6, 6.07) is 0.389. The number of hydrogen-bond donors (Lipinski definition) is 1. The summed E-state index contributed by atoms with van der Waals surface area (Å²) in [4.78, 5) is 13.3. The summed E-state index contributed by atoms with van der Waals surface area (Å²) in [5, 5.41) is 2.98. The second-order valence-electron chi connectivity index (χ2n) is 4.67. The fourth-order valence-corrected chi connectivity index (χ4v) is 1.88. The number of nitrogens with one attached hydrogen (secondary N) is 1. The van der Waals surface area contributed by atoms with E-state index in [9.17, 15) is 4.79 Å². The van der Waals surface area contributed by atoms with E-state index in [2.05, 4.69) is 24.1 Å².